The van der Waals surface area contributed by atoms with E-state index in [0.29, 0.717) is 19.8 Å². The number of nitrogens with zero attached hydrogens (tertiary/aromatic N) is 1. The Morgan fingerprint density at radius 3 is 2.79 bits per heavy atom. The second-order valence-electron chi connectivity index (χ2n) is 6.71. The summed E-state index contributed by atoms with van der Waals surface area (Å²) < 4.78 is 11.5. The molecular weight excluding hydrogens is 479 g/mol. The molecule has 1 aliphatic rings. The number of benzene rings is 2. The van der Waals surface area contributed by atoms with Gasteiger partial charge in [0.1, 0.15) is 0 Å². The van der Waals surface area contributed by atoms with Gasteiger partial charge in [0, 0.05) is 48.4 Å². The minimum absolute atomic E-state index is 0. The summed E-state index contributed by atoms with van der Waals surface area (Å²) in [5, 5.41) is 7.93. The number of nitrogens with one attached hydrogen (secondary N) is 3. The molecule has 3 N–H and O–H groups in total. The molecule has 29 heavy (non-hydrogen) atoms. The summed E-state index contributed by atoms with van der Waals surface area (Å²) in [4.78, 5) is 8.05. The number of para-hydroxylation sites is 1. The maximum Gasteiger partial charge on any atom is 0.195 e. The number of hydrogen-bond donors (Lipinski definition) is 3. The van der Waals surface area contributed by atoms with Gasteiger partial charge in [0.25, 0.3) is 0 Å². The maximum atomic E-state index is 5.77. The quantitative estimate of drug-likeness (QED) is 0.270. The van der Waals surface area contributed by atoms with Gasteiger partial charge in [-0.25, -0.2) is 0 Å². The zero-order valence-electron chi connectivity index (χ0n) is 16.5. The van der Waals surface area contributed by atoms with E-state index in [-0.39, 0.29) is 24.0 Å². The molecule has 3 aromatic rings. The number of guanidine groups is 1. The van der Waals surface area contributed by atoms with Crippen LogP contribution in [0.3, 0.4) is 0 Å². The van der Waals surface area contributed by atoms with Crippen LogP contribution in [0.5, 0.6) is 11.5 Å². The number of rotatable bonds is 5. The van der Waals surface area contributed by atoms with Crippen molar-refractivity contribution in [3.63, 3.8) is 0 Å². The normalized spacial score (nSPS) is 13.5. The van der Waals surface area contributed by atoms with Crippen molar-refractivity contribution < 1.29 is 9.47 Å². The first-order valence-electron chi connectivity index (χ1n) is 9.83. The van der Waals surface area contributed by atoms with Crippen molar-refractivity contribution in [3.05, 3.63) is 54.2 Å². The van der Waals surface area contributed by atoms with Crippen molar-refractivity contribution in [2.75, 3.05) is 31.6 Å². The van der Waals surface area contributed by atoms with Crippen molar-refractivity contribution in [2.24, 2.45) is 4.99 Å². The van der Waals surface area contributed by atoms with Gasteiger partial charge in [-0.05, 0) is 37.1 Å². The van der Waals surface area contributed by atoms with Crippen molar-refractivity contribution in [2.45, 2.75) is 19.8 Å². The van der Waals surface area contributed by atoms with E-state index in [4.69, 9.17) is 14.5 Å². The van der Waals surface area contributed by atoms with E-state index in [1.165, 1.54) is 16.5 Å². The van der Waals surface area contributed by atoms with Gasteiger partial charge in [-0.3, -0.25) is 4.99 Å². The highest BCUT2D eigenvalue weighted by Crippen LogP contribution is 2.32. The predicted octanol–water partition coefficient (Wildman–Crippen LogP) is 4.57. The lowest BCUT2D eigenvalue weighted by molar-refractivity contribution is 0.297. The molecular formula is C22H27IN4O2. The second-order valence-corrected chi connectivity index (χ2v) is 6.71. The SMILES string of the molecule is CCNC(=NCCc1c[nH]c2ccccc12)Nc1ccc2c(c1)OCCCO2.I. The van der Waals surface area contributed by atoms with E-state index in [1.807, 2.05) is 24.3 Å². The molecule has 4 rings (SSSR count). The Balaban J connectivity index is 0.00000240. The molecule has 7 heteroatoms. The van der Waals surface area contributed by atoms with Crippen molar-refractivity contribution in [1.82, 2.24) is 10.3 Å². The third-order valence-electron chi connectivity index (χ3n) is 4.68. The van der Waals surface area contributed by atoms with Crippen molar-refractivity contribution in [3.8, 4) is 11.5 Å². The van der Waals surface area contributed by atoms with Crippen molar-refractivity contribution in [1.29, 1.82) is 0 Å². The second kappa shape index (κ2) is 10.4. The predicted molar refractivity (Wildman–Crippen MR) is 129 cm³/mol. The Kier molecular flexibility index (Phi) is 7.62. The summed E-state index contributed by atoms with van der Waals surface area (Å²) in [5.41, 5.74) is 3.38. The molecule has 0 aliphatic carbocycles. The van der Waals surface area contributed by atoms with Gasteiger partial charge in [0.05, 0.1) is 13.2 Å². The Morgan fingerprint density at radius 2 is 1.93 bits per heavy atom. The topological polar surface area (TPSA) is 70.7 Å². The lowest BCUT2D eigenvalue weighted by atomic mass is 10.1. The lowest BCUT2D eigenvalue weighted by Crippen LogP contribution is -2.30. The minimum Gasteiger partial charge on any atom is -0.490 e. The Morgan fingerprint density at radius 1 is 1.10 bits per heavy atom. The standard InChI is InChI=1S/C22H26N4O2.HI/c1-2-23-22(24-11-10-16-15-25-19-7-4-3-6-18(16)19)26-17-8-9-20-21(14-17)28-13-5-12-27-20;/h3-4,6-9,14-15,25H,2,5,10-13H2,1H3,(H2,23,24,26);1H. The van der Waals surface area contributed by atoms with Gasteiger partial charge in [-0.15, -0.1) is 24.0 Å². The first-order valence-corrected chi connectivity index (χ1v) is 9.83. The van der Waals surface area contributed by atoms with Gasteiger partial charge < -0.3 is 25.1 Å². The molecule has 0 saturated heterocycles. The van der Waals surface area contributed by atoms with E-state index in [0.717, 1.165) is 42.5 Å². The number of aromatic amines is 1. The highest BCUT2D eigenvalue weighted by Gasteiger charge is 2.11. The van der Waals surface area contributed by atoms with Crippen LogP contribution in [0.2, 0.25) is 0 Å². The zero-order valence-corrected chi connectivity index (χ0v) is 18.9. The molecule has 2 aromatic carbocycles. The van der Waals surface area contributed by atoms with Crippen LogP contribution < -0.4 is 20.1 Å². The lowest BCUT2D eigenvalue weighted by Gasteiger charge is -2.13. The number of aliphatic imine (C=N–C) groups is 1. The molecule has 6 nitrogen and oxygen atoms in total. The average molecular weight is 506 g/mol. The van der Waals surface area contributed by atoms with Gasteiger partial charge in [0.2, 0.25) is 0 Å². The van der Waals surface area contributed by atoms with E-state index < -0.39 is 0 Å². The van der Waals surface area contributed by atoms with Crippen LogP contribution in [0.15, 0.2) is 53.7 Å². The molecule has 1 aromatic heterocycles. The Labute approximate surface area is 188 Å². The number of hydrogen-bond acceptors (Lipinski definition) is 3. The van der Waals surface area contributed by atoms with E-state index >= 15 is 0 Å². The minimum atomic E-state index is 0. The molecule has 1 aliphatic heterocycles. The number of halogens is 1. The highest BCUT2D eigenvalue weighted by atomic mass is 127. The third-order valence-corrected chi connectivity index (χ3v) is 4.68. The summed E-state index contributed by atoms with van der Waals surface area (Å²) in [6, 6.07) is 14.2. The van der Waals surface area contributed by atoms with E-state index in [2.05, 4.69) is 46.9 Å². The third kappa shape index (κ3) is 5.35. The molecule has 0 fully saturated rings. The smallest absolute Gasteiger partial charge is 0.195 e. The summed E-state index contributed by atoms with van der Waals surface area (Å²) in [7, 11) is 0. The van der Waals surface area contributed by atoms with Gasteiger partial charge in [-0.2, -0.15) is 0 Å². The van der Waals surface area contributed by atoms with Crippen molar-refractivity contribution >= 4 is 46.5 Å². The van der Waals surface area contributed by atoms with Crippen LogP contribution in [-0.2, 0) is 6.42 Å². The molecule has 0 radical (unpaired) electrons. The maximum absolute atomic E-state index is 5.77. The van der Waals surface area contributed by atoms with Crippen LogP contribution in [-0.4, -0.2) is 37.2 Å². The molecule has 0 bridgehead atoms. The van der Waals surface area contributed by atoms with Crippen LogP contribution in [0, 0.1) is 0 Å². The van der Waals surface area contributed by atoms with Crippen LogP contribution >= 0.6 is 24.0 Å². The van der Waals surface area contributed by atoms with Crippen LogP contribution in [0.1, 0.15) is 18.9 Å². The van der Waals surface area contributed by atoms with Gasteiger partial charge in [-0.1, -0.05) is 18.2 Å². The average Bonchev–Trinajstić information content (AvgIpc) is 2.97. The van der Waals surface area contributed by atoms with Crippen LogP contribution in [0.4, 0.5) is 5.69 Å². The Hall–Kier alpha value is -2.42. The first kappa shape index (κ1) is 21.3. The largest absolute Gasteiger partial charge is 0.490 e. The molecule has 0 amide bonds. The number of H-pyrrole nitrogens is 1. The number of anilines is 1. The summed E-state index contributed by atoms with van der Waals surface area (Å²) in [5.74, 6) is 2.33. The highest BCUT2D eigenvalue weighted by molar-refractivity contribution is 14.0. The fourth-order valence-electron chi connectivity index (χ4n) is 3.31. The molecule has 0 spiro atoms. The number of aromatic nitrogens is 1. The molecule has 0 saturated carbocycles. The monoisotopic (exact) mass is 506 g/mol. The fraction of sp³-hybridized carbons (Fsp3) is 0.318. The summed E-state index contributed by atoms with van der Waals surface area (Å²) >= 11 is 0. The van der Waals surface area contributed by atoms with E-state index in [1.54, 1.807) is 0 Å². The molecule has 154 valence electrons. The number of ether oxygens (including phenoxy) is 2. The molecule has 0 unspecified atom stereocenters. The van der Waals surface area contributed by atoms with Gasteiger partial charge >= 0.3 is 0 Å². The molecule has 0 atom stereocenters. The molecule has 2 heterocycles. The van der Waals surface area contributed by atoms with E-state index in [9.17, 15) is 0 Å². The van der Waals surface area contributed by atoms with Gasteiger partial charge in [0.15, 0.2) is 17.5 Å². The first-order chi connectivity index (χ1) is 13.8. The fourth-order valence-corrected chi connectivity index (χ4v) is 3.31. The van der Waals surface area contributed by atoms with Crippen LogP contribution in [0.25, 0.3) is 10.9 Å². The number of fused-ring (bicyclic) bond motifs is 2. The summed E-state index contributed by atoms with van der Waals surface area (Å²) in [6.07, 6.45) is 3.85. The Bertz CT molecular complexity index is 970. The zero-order chi connectivity index (χ0) is 19.2. The summed E-state index contributed by atoms with van der Waals surface area (Å²) in [6.45, 7) is 4.92.